The van der Waals surface area contributed by atoms with Crippen molar-refractivity contribution in [3.63, 3.8) is 0 Å². The van der Waals surface area contributed by atoms with Gasteiger partial charge in [-0.15, -0.1) is 0 Å². The molecule has 1 N–H and O–H groups in total. The molecule has 0 radical (unpaired) electrons. The molecule has 28 heavy (non-hydrogen) atoms. The molecule has 1 amide bonds. The van der Waals surface area contributed by atoms with E-state index in [2.05, 4.69) is 4.98 Å². The molecule has 2 aromatic rings. The monoisotopic (exact) mass is 388 g/mol. The molecule has 1 aliphatic heterocycles. The number of amides is 1. The molecule has 1 aliphatic rings. The van der Waals surface area contributed by atoms with Crippen molar-refractivity contribution in [2.75, 3.05) is 19.7 Å². The number of aromatic amines is 1. The van der Waals surface area contributed by atoms with E-state index in [0.29, 0.717) is 36.0 Å². The number of H-pyrrole nitrogens is 1. The maximum Gasteiger partial charge on any atom is 0.410 e. The number of ether oxygens (including phenoxy) is 2. The Morgan fingerprint density at radius 1 is 1.25 bits per heavy atom. The molecule has 0 spiro atoms. The van der Waals surface area contributed by atoms with Crippen LogP contribution in [0.3, 0.4) is 0 Å². The number of benzene rings is 1. The summed E-state index contributed by atoms with van der Waals surface area (Å²) >= 11 is 0. The van der Waals surface area contributed by atoms with Crippen molar-refractivity contribution < 1.29 is 23.5 Å². The fourth-order valence-electron chi connectivity index (χ4n) is 3.19. The first kappa shape index (κ1) is 19.9. The maximum atomic E-state index is 14.2. The Morgan fingerprint density at radius 2 is 2.00 bits per heavy atom. The first-order chi connectivity index (χ1) is 13.2. The highest BCUT2D eigenvalue weighted by Crippen LogP contribution is 2.31. The standard InChI is InChI=1S/C21H25FN2O4/c1-5-27-19(25)17-11-14-10-15(22)12-16(18(14)23-17)13-6-8-24(9-7-13)20(26)28-21(2,3)4/h6,10-12,23H,5,7-9H2,1-4H3. The van der Waals surface area contributed by atoms with Gasteiger partial charge >= 0.3 is 12.1 Å². The van der Waals surface area contributed by atoms with Gasteiger partial charge in [-0.05, 0) is 57.9 Å². The average Bonchev–Trinajstić information content (AvgIpc) is 3.04. The summed E-state index contributed by atoms with van der Waals surface area (Å²) in [6, 6.07) is 4.42. The number of fused-ring (bicyclic) bond motifs is 1. The molecule has 0 atom stereocenters. The smallest absolute Gasteiger partial charge is 0.410 e. The highest BCUT2D eigenvalue weighted by Gasteiger charge is 2.25. The van der Waals surface area contributed by atoms with Crippen molar-refractivity contribution in [1.29, 1.82) is 0 Å². The highest BCUT2D eigenvalue weighted by molar-refractivity contribution is 5.99. The van der Waals surface area contributed by atoms with Gasteiger partial charge in [-0.2, -0.15) is 0 Å². The van der Waals surface area contributed by atoms with Gasteiger partial charge < -0.3 is 19.4 Å². The number of esters is 1. The van der Waals surface area contributed by atoms with Gasteiger partial charge in [0.05, 0.1) is 12.1 Å². The lowest BCUT2D eigenvalue weighted by Gasteiger charge is -2.29. The molecule has 0 fully saturated rings. The second kappa shape index (κ2) is 7.66. The molecule has 0 aliphatic carbocycles. The number of hydrogen-bond donors (Lipinski definition) is 1. The Labute approximate surface area is 163 Å². The van der Waals surface area contributed by atoms with E-state index in [1.807, 2.05) is 26.8 Å². The zero-order chi connectivity index (χ0) is 20.5. The Morgan fingerprint density at radius 3 is 2.61 bits per heavy atom. The van der Waals surface area contributed by atoms with Crippen molar-refractivity contribution in [1.82, 2.24) is 9.88 Å². The van der Waals surface area contributed by atoms with Crippen LogP contribution in [0.15, 0.2) is 24.3 Å². The summed E-state index contributed by atoms with van der Waals surface area (Å²) in [6.07, 6.45) is 2.09. The number of halogens is 1. The van der Waals surface area contributed by atoms with Crippen LogP contribution in [-0.2, 0) is 9.47 Å². The summed E-state index contributed by atoms with van der Waals surface area (Å²) in [4.78, 5) is 28.9. The minimum Gasteiger partial charge on any atom is -0.461 e. The zero-order valence-corrected chi connectivity index (χ0v) is 16.6. The number of hydrogen-bond acceptors (Lipinski definition) is 4. The zero-order valence-electron chi connectivity index (χ0n) is 16.6. The Hall–Kier alpha value is -2.83. The van der Waals surface area contributed by atoms with Crippen LogP contribution < -0.4 is 0 Å². The summed E-state index contributed by atoms with van der Waals surface area (Å²) in [6.45, 7) is 8.33. The van der Waals surface area contributed by atoms with Crippen LogP contribution in [0.25, 0.3) is 16.5 Å². The summed E-state index contributed by atoms with van der Waals surface area (Å²) in [5.74, 6) is -0.855. The van der Waals surface area contributed by atoms with Crippen LogP contribution in [0.5, 0.6) is 0 Å². The predicted octanol–water partition coefficient (Wildman–Crippen LogP) is 4.51. The first-order valence-electron chi connectivity index (χ1n) is 9.34. The fraction of sp³-hybridized carbons (Fsp3) is 0.429. The highest BCUT2D eigenvalue weighted by atomic mass is 19.1. The summed E-state index contributed by atoms with van der Waals surface area (Å²) in [7, 11) is 0. The van der Waals surface area contributed by atoms with E-state index in [-0.39, 0.29) is 24.2 Å². The Balaban J connectivity index is 1.87. The van der Waals surface area contributed by atoms with Gasteiger partial charge in [-0.25, -0.2) is 14.0 Å². The maximum absolute atomic E-state index is 14.2. The number of nitrogens with one attached hydrogen (secondary N) is 1. The molecule has 0 bridgehead atoms. The van der Waals surface area contributed by atoms with Crippen molar-refractivity contribution in [2.45, 2.75) is 39.7 Å². The van der Waals surface area contributed by atoms with Crippen molar-refractivity contribution in [2.24, 2.45) is 0 Å². The van der Waals surface area contributed by atoms with E-state index < -0.39 is 11.6 Å². The van der Waals surface area contributed by atoms with Gasteiger partial charge in [0, 0.05) is 24.0 Å². The lowest BCUT2D eigenvalue weighted by atomic mass is 9.97. The number of aromatic nitrogens is 1. The molecule has 7 heteroatoms. The summed E-state index contributed by atoms with van der Waals surface area (Å²) in [5.41, 5.74) is 2.02. The number of rotatable bonds is 3. The first-order valence-corrected chi connectivity index (χ1v) is 9.34. The second-order valence-electron chi connectivity index (χ2n) is 7.73. The molecular formula is C21H25FN2O4. The van der Waals surface area contributed by atoms with Crippen LogP contribution in [0.4, 0.5) is 9.18 Å². The molecule has 0 unspecified atom stereocenters. The molecule has 0 saturated carbocycles. The normalized spacial score (nSPS) is 14.8. The minimum atomic E-state index is -0.552. The van der Waals surface area contributed by atoms with Gasteiger partial charge in [-0.3, -0.25) is 0 Å². The third kappa shape index (κ3) is 4.35. The topological polar surface area (TPSA) is 71.6 Å². The molecule has 1 aromatic carbocycles. The van der Waals surface area contributed by atoms with E-state index >= 15 is 0 Å². The van der Waals surface area contributed by atoms with E-state index in [4.69, 9.17) is 9.47 Å². The predicted molar refractivity (Wildman–Crippen MR) is 105 cm³/mol. The molecule has 3 rings (SSSR count). The number of nitrogens with zero attached hydrogens (tertiary/aromatic N) is 1. The van der Waals surface area contributed by atoms with E-state index in [1.54, 1.807) is 17.9 Å². The van der Waals surface area contributed by atoms with Gasteiger partial charge in [0.25, 0.3) is 0 Å². The van der Waals surface area contributed by atoms with Gasteiger partial charge in [0.15, 0.2) is 0 Å². The molecule has 6 nitrogen and oxygen atoms in total. The molecule has 150 valence electrons. The van der Waals surface area contributed by atoms with E-state index in [9.17, 15) is 14.0 Å². The van der Waals surface area contributed by atoms with Gasteiger partial charge in [0.1, 0.15) is 17.1 Å². The van der Waals surface area contributed by atoms with Crippen molar-refractivity contribution in [3.05, 3.63) is 41.3 Å². The van der Waals surface area contributed by atoms with Crippen LogP contribution in [0, 0.1) is 5.82 Å². The molecule has 2 heterocycles. The Kier molecular flexibility index (Phi) is 5.45. The van der Waals surface area contributed by atoms with Crippen LogP contribution in [-0.4, -0.2) is 47.2 Å². The van der Waals surface area contributed by atoms with Gasteiger partial charge in [-0.1, -0.05) is 6.08 Å². The SMILES string of the molecule is CCOC(=O)c1cc2cc(F)cc(C3=CCN(C(=O)OC(C)(C)C)CC3)c2[nH]1. The summed E-state index contributed by atoms with van der Waals surface area (Å²) < 4.78 is 24.6. The fourth-order valence-corrected chi connectivity index (χ4v) is 3.19. The van der Waals surface area contributed by atoms with E-state index in [1.165, 1.54) is 12.1 Å². The van der Waals surface area contributed by atoms with Crippen LogP contribution in [0.2, 0.25) is 0 Å². The summed E-state index contributed by atoms with van der Waals surface area (Å²) in [5, 5.41) is 0.605. The van der Waals surface area contributed by atoms with Crippen molar-refractivity contribution in [3.8, 4) is 0 Å². The lowest BCUT2D eigenvalue weighted by Crippen LogP contribution is -2.39. The molecule has 0 saturated heterocycles. The molecular weight excluding hydrogens is 363 g/mol. The van der Waals surface area contributed by atoms with Crippen LogP contribution in [0.1, 0.15) is 50.2 Å². The van der Waals surface area contributed by atoms with E-state index in [0.717, 1.165) is 5.57 Å². The largest absolute Gasteiger partial charge is 0.461 e. The average molecular weight is 388 g/mol. The number of carbonyl (C=O) groups is 2. The lowest BCUT2D eigenvalue weighted by molar-refractivity contribution is 0.0270. The third-order valence-electron chi connectivity index (χ3n) is 4.40. The minimum absolute atomic E-state index is 0.265. The third-order valence-corrected chi connectivity index (χ3v) is 4.40. The quantitative estimate of drug-likeness (QED) is 0.786. The van der Waals surface area contributed by atoms with Gasteiger partial charge in [0.2, 0.25) is 0 Å². The molecule has 1 aromatic heterocycles. The van der Waals surface area contributed by atoms with Crippen molar-refractivity contribution >= 4 is 28.5 Å². The number of carbonyl (C=O) groups excluding carboxylic acids is 2. The van der Waals surface area contributed by atoms with Crippen LogP contribution >= 0.6 is 0 Å². The second-order valence-corrected chi connectivity index (χ2v) is 7.73. The Bertz CT molecular complexity index is 940.